The lowest BCUT2D eigenvalue weighted by Gasteiger charge is -2.48. The van der Waals surface area contributed by atoms with Crippen molar-refractivity contribution in [3.63, 3.8) is 0 Å². The molecule has 1 aromatic carbocycles. The van der Waals surface area contributed by atoms with Crippen LogP contribution in [0.15, 0.2) is 18.2 Å². The predicted octanol–water partition coefficient (Wildman–Crippen LogP) is 5.43. The zero-order valence-electron chi connectivity index (χ0n) is 22.1. The second kappa shape index (κ2) is 10.8. The van der Waals surface area contributed by atoms with E-state index >= 15 is 0 Å². The van der Waals surface area contributed by atoms with Crippen molar-refractivity contribution in [1.29, 1.82) is 0 Å². The Hall–Kier alpha value is -1.93. The van der Waals surface area contributed by atoms with E-state index < -0.39 is 43.1 Å². The molecule has 0 aliphatic heterocycles. The Labute approximate surface area is 205 Å². The molecule has 0 spiro atoms. The highest BCUT2D eigenvalue weighted by Crippen LogP contribution is 2.42. The Morgan fingerprint density at radius 2 is 1.50 bits per heavy atom. The summed E-state index contributed by atoms with van der Waals surface area (Å²) >= 11 is 0. The Balaban J connectivity index is 3.59. The van der Waals surface area contributed by atoms with Gasteiger partial charge in [0.15, 0.2) is 0 Å². The number of amides is 1. The summed E-state index contributed by atoms with van der Waals surface area (Å²) in [5, 5.41) is 12.6. The van der Waals surface area contributed by atoms with Crippen LogP contribution in [0.3, 0.4) is 0 Å². The zero-order chi connectivity index (χ0) is 26.6. The Morgan fingerprint density at radius 3 is 1.91 bits per heavy atom. The third kappa shape index (κ3) is 9.37. The van der Waals surface area contributed by atoms with E-state index in [2.05, 4.69) is 5.32 Å². The number of nitrogens with one attached hydrogen (secondary N) is 1. The Morgan fingerprint density at radius 1 is 0.971 bits per heavy atom. The van der Waals surface area contributed by atoms with Crippen molar-refractivity contribution in [1.82, 2.24) is 5.32 Å². The minimum Gasteiger partial charge on any atom is -0.506 e. The standard InChI is InChI=1S/C24H41N2O7P/c1-20(2,3)30-19(28)26-23(10,14-13-16-11-12-18(27)17(25)15-16)24(33-34-29,31-21(4,5)6)32-22(7,8)9/h11-12,15,34H,13-14,25H2,1-10H3,(H-,26,27,28)/p+1/t23-/m1/s1. The molecule has 0 heterocycles. The fourth-order valence-electron chi connectivity index (χ4n) is 3.24. The number of anilines is 1. The maximum Gasteiger partial charge on any atom is 0.499 e. The van der Waals surface area contributed by atoms with Crippen LogP contribution in [0, 0.1) is 0 Å². The highest BCUT2D eigenvalue weighted by Gasteiger charge is 2.60. The number of phenolic OH excluding ortho intramolecular Hbond substituents is 1. The first kappa shape index (κ1) is 30.1. The smallest absolute Gasteiger partial charge is 0.499 e. The lowest BCUT2D eigenvalue weighted by atomic mass is 9.89. The van der Waals surface area contributed by atoms with Gasteiger partial charge in [-0.1, -0.05) is 10.6 Å². The van der Waals surface area contributed by atoms with E-state index in [1.165, 1.54) is 6.07 Å². The summed E-state index contributed by atoms with van der Waals surface area (Å²) in [7, 11) is -1.24. The molecule has 0 saturated heterocycles. The fraction of sp³-hybridized carbons (Fsp3) is 0.708. The SMILES string of the molecule is CC(C)(C)OC(=O)N[C@](C)(CCc1ccc(O)c(N)c1)C(O[PH+]=O)(OC(C)(C)C)OC(C)(C)C. The molecule has 0 aliphatic carbocycles. The number of carbonyl (C=O) groups excluding carboxylic acids is 1. The van der Waals surface area contributed by atoms with E-state index in [-0.39, 0.29) is 17.9 Å². The van der Waals surface area contributed by atoms with Gasteiger partial charge in [0.05, 0.1) is 16.9 Å². The quantitative estimate of drug-likeness (QED) is 0.177. The highest BCUT2D eigenvalue weighted by atomic mass is 31.1. The average molecular weight is 502 g/mol. The molecule has 1 aromatic rings. The van der Waals surface area contributed by atoms with Gasteiger partial charge < -0.3 is 30.4 Å². The third-order valence-corrected chi connectivity index (χ3v) is 4.87. The van der Waals surface area contributed by atoms with Crippen LogP contribution in [0.5, 0.6) is 5.75 Å². The molecule has 34 heavy (non-hydrogen) atoms. The first-order valence-electron chi connectivity index (χ1n) is 11.2. The van der Waals surface area contributed by atoms with Crippen molar-refractivity contribution in [2.75, 3.05) is 5.73 Å². The van der Waals surface area contributed by atoms with Crippen molar-refractivity contribution >= 4 is 20.5 Å². The minimum atomic E-state index is -1.94. The minimum absolute atomic E-state index is 0.0178. The monoisotopic (exact) mass is 501 g/mol. The lowest BCUT2D eigenvalue weighted by molar-refractivity contribution is -0.423. The molecule has 1 unspecified atom stereocenters. The van der Waals surface area contributed by atoms with Gasteiger partial charge in [0.25, 0.3) is 0 Å². The van der Waals surface area contributed by atoms with Crippen molar-refractivity contribution in [2.45, 2.75) is 110 Å². The molecule has 1 rings (SSSR count). The fourth-order valence-corrected chi connectivity index (χ4v) is 3.65. The first-order valence-corrected chi connectivity index (χ1v) is 12.1. The van der Waals surface area contributed by atoms with Gasteiger partial charge in [-0.05, 0) is 104 Å². The lowest BCUT2D eigenvalue weighted by Crippen LogP contribution is -2.69. The van der Waals surface area contributed by atoms with E-state index in [1.807, 2.05) is 0 Å². The van der Waals surface area contributed by atoms with Gasteiger partial charge in [0.1, 0.15) is 16.9 Å². The third-order valence-electron chi connectivity index (χ3n) is 4.52. The number of rotatable bonds is 9. The molecule has 10 heteroatoms. The second-order valence-corrected chi connectivity index (χ2v) is 11.9. The summed E-state index contributed by atoms with van der Waals surface area (Å²) in [6.07, 6.45) is -0.0877. The number of nitrogen functional groups attached to an aromatic ring is 1. The number of benzene rings is 1. The maximum absolute atomic E-state index is 12.9. The van der Waals surface area contributed by atoms with Gasteiger partial charge in [-0.25, -0.2) is 4.79 Å². The molecule has 0 saturated carbocycles. The topological polar surface area (TPSA) is 129 Å². The van der Waals surface area contributed by atoms with Crippen LogP contribution in [0.25, 0.3) is 0 Å². The van der Waals surface area contributed by atoms with Crippen molar-refractivity contribution < 1.29 is 33.2 Å². The van der Waals surface area contributed by atoms with E-state index in [4.69, 9.17) is 24.5 Å². The predicted molar refractivity (Wildman–Crippen MR) is 133 cm³/mol. The van der Waals surface area contributed by atoms with Gasteiger partial charge in [-0.15, -0.1) is 0 Å². The molecule has 0 fully saturated rings. The Bertz CT molecular complexity index is 840. The van der Waals surface area contributed by atoms with Gasteiger partial charge in [-0.2, -0.15) is 0 Å². The number of ether oxygens (including phenoxy) is 3. The summed E-state index contributed by atoms with van der Waals surface area (Å²) in [5.41, 5.74) is 3.16. The molecule has 0 aliphatic rings. The number of hydrogen-bond donors (Lipinski definition) is 3. The van der Waals surface area contributed by atoms with Crippen LogP contribution in [0.4, 0.5) is 10.5 Å². The zero-order valence-corrected chi connectivity index (χ0v) is 23.1. The second-order valence-electron chi connectivity index (χ2n) is 11.5. The molecule has 0 bridgehead atoms. The van der Waals surface area contributed by atoms with Crippen molar-refractivity contribution in [2.24, 2.45) is 0 Å². The number of aryl methyl sites for hydroxylation is 1. The highest BCUT2D eigenvalue weighted by molar-refractivity contribution is 7.17. The molecule has 4 N–H and O–H groups in total. The summed E-state index contributed by atoms with van der Waals surface area (Å²) in [6, 6.07) is 4.88. The van der Waals surface area contributed by atoms with Gasteiger partial charge in [0, 0.05) is 0 Å². The number of alkyl carbamates (subject to hydrolysis) is 1. The van der Waals surface area contributed by atoms with Crippen LogP contribution < -0.4 is 11.1 Å². The van der Waals surface area contributed by atoms with Crippen LogP contribution in [-0.2, 0) is 29.7 Å². The van der Waals surface area contributed by atoms with Crippen LogP contribution >= 0.6 is 8.69 Å². The Kier molecular flexibility index (Phi) is 9.54. The number of nitrogens with two attached hydrogens (primary N) is 1. The average Bonchev–Trinajstić information content (AvgIpc) is 2.58. The maximum atomic E-state index is 12.9. The molecule has 9 nitrogen and oxygen atoms in total. The first-order chi connectivity index (χ1) is 15.2. The molecule has 0 radical (unpaired) electrons. The van der Waals surface area contributed by atoms with Gasteiger partial charge in [0.2, 0.25) is 0 Å². The molecular formula is C24H42N2O7P+. The number of hydrogen-bond acceptors (Lipinski definition) is 8. The van der Waals surface area contributed by atoms with Gasteiger partial charge >= 0.3 is 20.8 Å². The van der Waals surface area contributed by atoms with E-state index in [1.54, 1.807) is 81.4 Å². The van der Waals surface area contributed by atoms with E-state index in [9.17, 15) is 14.5 Å². The summed E-state index contributed by atoms with van der Waals surface area (Å²) in [6.45, 7) is 17.8. The van der Waals surface area contributed by atoms with Crippen molar-refractivity contribution in [3.8, 4) is 5.75 Å². The summed E-state index contributed by atoms with van der Waals surface area (Å²) < 4.78 is 35.7. The van der Waals surface area contributed by atoms with Crippen LogP contribution in [-0.4, -0.2) is 39.5 Å². The molecular weight excluding hydrogens is 459 g/mol. The van der Waals surface area contributed by atoms with Crippen molar-refractivity contribution in [3.05, 3.63) is 23.8 Å². The summed E-state index contributed by atoms with van der Waals surface area (Å²) in [5.74, 6) is -1.96. The van der Waals surface area contributed by atoms with E-state index in [0.717, 1.165) is 5.56 Å². The molecule has 2 atom stereocenters. The molecule has 194 valence electrons. The largest absolute Gasteiger partial charge is 0.506 e. The summed E-state index contributed by atoms with van der Waals surface area (Å²) in [4.78, 5) is 12.9. The van der Waals surface area contributed by atoms with Gasteiger partial charge in [-0.3, -0.25) is 0 Å². The molecule has 1 amide bonds. The van der Waals surface area contributed by atoms with Crippen LogP contribution in [0.2, 0.25) is 0 Å². The number of aromatic hydroxyl groups is 1. The molecule has 0 aromatic heterocycles. The van der Waals surface area contributed by atoms with E-state index in [0.29, 0.717) is 6.42 Å². The van der Waals surface area contributed by atoms with Crippen LogP contribution in [0.1, 0.15) is 81.2 Å². The number of carbonyl (C=O) groups is 1. The number of phenols is 1. The normalized spacial score (nSPS) is 15.1.